The van der Waals surface area contributed by atoms with Gasteiger partial charge in [0.1, 0.15) is 11.7 Å². The number of benzene rings is 1. The normalized spacial score (nSPS) is 21.4. The molecule has 2 atom stereocenters. The average Bonchev–Trinajstić information content (AvgIpc) is 3.04. The molecule has 46 heavy (non-hydrogen) atoms. The van der Waals surface area contributed by atoms with E-state index in [-0.39, 0.29) is 24.1 Å². The van der Waals surface area contributed by atoms with Crippen molar-refractivity contribution in [2.45, 2.75) is 45.5 Å². The summed E-state index contributed by atoms with van der Waals surface area (Å²) in [6.07, 6.45) is 2.70. The number of nitrogens with zero attached hydrogens (tertiary/aromatic N) is 9. The molecule has 5 heterocycles. The number of carbonyl (C=O) groups is 1. The second kappa shape index (κ2) is 13.2. The van der Waals surface area contributed by atoms with Crippen molar-refractivity contribution >= 4 is 34.4 Å². The van der Waals surface area contributed by atoms with E-state index in [2.05, 4.69) is 42.6 Å². The summed E-state index contributed by atoms with van der Waals surface area (Å²) in [6, 6.07) is 10.1. The molecule has 3 fully saturated rings. The van der Waals surface area contributed by atoms with E-state index in [9.17, 15) is 14.4 Å². The Labute approximate surface area is 269 Å². The van der Waals surface area contributed by atoms with Crippen LogP contribution in [0.2, 0.25) is 0 Å². The van der Waals surface area contributed by atoms with Gasteiger partial charge in [-0.1, -0.05) is 0 Å². The van der Waals surface area contributed by atoms with Crippen LogP contribution in [0.25, 0.3) is 10.9 Å². The van der Waals surface area contributed by atoms with Gasteiger partial charge in [0.2, 0.25) is 5.95 Å². The van der Waals surface area contributed by atoms with Crippen molar-refractivity contribution in [1.82, 2.24) is 24.8 Å². The molecule has 0 N–H and O–H groups in total. The lowest BCUT2D eigenvalue weighted by Gasteiger charge is -2.42. The Hall–Kier alpha value is -4.28. The summed E-state index contributed by atoms with van der Waals surface area (Å²) in [7, 11) is 0. The lowest BCUT2D eigenvalue weighted by Crippen LogP contribution is -2.54. The molecule has 0 bridgehead atoms. The highest BCUT2D eigenvalue weighted by molar-refractivity contribution is 5.95. The number of fused-ring (bicyclic) bond motifs is 1. The molecule has 0 saturated carbocycles. The number of amides is 1. The van der Waals surface area contributed by atoms with Crippen molar-refractivity contribution in [3.63, 3.8) is 0 Å². The van der Waals surface area contributed by atoms with Gasteiger partial charge < -0.3 is 29.1 Å². The van der Waals surface area contributed by atoms with Crippen molar-refractivity contribution in [2.75, 3.05) is 86.7 Å². The third kappa shape index (κ3) is 7.08. The monoisotopic (exact) mass is 631 g/mol. The average molecular weight is 632 g/mol. The zero-order valence-corrected chi connectivity index (χ0v) is 27.0. The number of hydrogen-bond acceptors (Lipinski definition) is 11. The van der Waals surface area contributed by atoms with Gasteiger partial charge in [-0.25, -0.2) is 14.2 Å². The molecule has 0 aliphatic carbocycles. The first-order chi connectivity index (χ1) is 22.1. The molecule has 0 spiro atoms. The first-order valence-corrected chi connectivity index (χ1v) is 16.0. The van der Waals surface area contributed by atoms with Crippen LogP contribution in [0.4, 0.5) is 26.6 Å². The van der Waals surface area contributed by atoms with Gasteiger partial charge in [-0.05, 0) is 52.0 Å². The Bertz CT molecular complexity index is 1590. The van der Waals surface area contributed by atoms with E-state index in [0.29, 0.717) is 37.7 Å². The van der Waals surface area contributed by atoms with Crippen LogP contribution < -0.4 is 14.7 Å². The molecule has 0 unspecified atom stereocenters. The van der Waals surface area contributed by atoms with Gasteiger partial charge >= 0.3 is 6.09 Å². The zero-order valence-electron chi connectivity index (χ0n) is 27.0. The summed E-state index contributed by atoms with van der Waals surface area (Å²) in [5.74, 6) is 0.319. The topological polar surface area (TPSA) is 114 Å². The van der Waals surface area contributed by atoms with E-state index in [1.165, 1.54) is 6.20 Å². The van der Waals surface area contributed by atoms with Gasteiger partial charge in [-0.2, -0.15) is 10.2 Å². The summed E-state index contributed by atoms with van der Waals surface area (Å²) >= 11 is 0. The third-order valence-electron chi connectivity index (χ3n) is 8.59. The van der Waals surface area contributed by atoms with E-state index in [1.807, 2.05) is 49.9 Å². The minimum absolute atomic E-state index is 0.0192. The van der Waals surface area contributed by atoms with E-state index in [0.717, 1.165) is 62.4 Å². The standard InChI is InChI=1S/C33H42FN9O3/c1-23-20-43(28-8-7-24(18-35)29-26(28)6-5-9-36-29)22-25(45-23)21-39-10-12-41(13-11-39)31-37-19-27(34)30(38-31)40-14-16-42(17-15-40)32(44)46-33(2,3)4/h5-9,19,23,25H,10-17,20-22H2,1-4H3/t23-,25+/m1/s1. The smallest absolute Gasteiger partial charge is 0.410 e. The molecular formula is C33H42FN9O3. The molecule has 2 aromatic heterocycles. The summed E-state index contributed by atoms with van der Waals surface area (Å²) in [4.78, 5) is 36.3. The molecule has 3 saturated heterocycles. The van der Waals surface area contributed by atoms with Gasteiger partial charge in [0.05, 0.1) is 29.5 Å². The van der Waals surface area contributed by atoms with E-state index in [4.69, 9.17) is 9.47 Å². The lowest BCUT2D eigenvalue weighted by atomic mass is 10.1. The number of piperazine rings is 2. The quantitative estimate of drug-likeness (QED) is 0.412. The van der Waals surface area contributed by atoms with Crippen LogP contribution in [-0.4, -0.2) is 121 Å². The number of morpholine rings is 1. The van der Waals surface area contributed by atoms with Gasteiger partial charge in [-0.15, -0.1) is 0 Å². The number of pyridine rings is 1. The Balaban J connectivity index is 1.05. The Morgan fingerprint density at radius 1 is 1.02 bits per heavy atom. The fraction of sp³-hybridized carbons (Fsp3) is 0.545. The molecule has 3 aromatic rings. The summed E-state index contributed by atoms with van der Waals surface area (Å²) < 4.78 is 26.8. The van der Waals surface area contributed by atoms with Crippen molar-refractivity contribution in [3.05, 3.63) is 48.0 Å². The highest BCUT2D eigenvalue weighted by Gasteiger charge is 2.31. The lowest BCUT2D eigenvalue weighted by molar-refractivity contribution is -0.0327. The van der Waals surface area contributed by atoms with Gasteiger partial charge in [0.25, 0.3) is 0 Å². The second-order valence-electron chi connectivity index (χ2n) is 13.2. The predicted octanol–water partition coefficient (Wildman–Crippen LogP) is 3.51. The largest absolute Gasteiger partial charge is 0.444 e. The Morgan fingerprint density at radius 3 is 2.48 bits per heavy atom. The van der Waals surface area contributed by atoms with E-state index >= 15 is 0 Å². The first kappa shape index (κ1) is 31.7. The van der Waals surface area contributed by atoms with E-state index < -0.39 is 11.4 Å². The van der Waals surface area contributed by atoms with Crippen LogP contribution in [0, 0.1) is 17.1 Å². The van der Waals surface area contributed by atoms with Gasteiger partial charge in [0.15, 0.2) is 11.6 Å². The molecule has 3 aliphatic rings. The molecular weight excluding hydrogens is 589 g/mol. The zero-order chi connectivity index (χ0) is 32.4. The van der Waals surface area contributed by atoms with Crippen LogP contribution >= 0.6 is 0 Å². The number of aromatic nitrogens is 3. The fourth-order valence-electron chi connectivity index (χ4n) is 6.44. The summed E-state index contributed by atoms with van der Waals surface area (Å²) in [5.41, 5.74) is 1.81. The number of ether oxygens (including phenoxy) is 2. The van der Waals surface area contributed by atoms with Gasteiger partial charge in [0, 0.05) is 89.3 Å². The molecule has 6 rings (SSSR count). The van der Waals surface area contributed by atoms with E-state index in [1.54, 1.807) is 11.1 Å². The van der Waals surface area contributed by atoms with Crippen LogP contribution in [0.3, 0.4) is 0 Å². The third-order valence-corrected chi connectivity index (χ3v) is 8.59. The second-order valence-corrected chi connectivity index (χ2v) is 13.2. The molecule has 1 aromatic carbocycles. The number of hydrogen-bond donors (Lipinski definition) is 0. The number of halogens is 1. The number of carbonyl (C=O) groups excluding carboxylic acids is 1. The SMILES string of the molecule is C[C@@H]1CN(c2ccc(C#N)c3ncccc23)C[C@H](CN2CCN(c3ncc(F)c(N4CCN(C(=O)OC(C)(C)C)CC4)n3)CC2)O1. The highest BCUT2D eigenvalue weighted by Crippen LogP contribution is 2.30. The number of anilines is 3. The van der Waals surface area contributed by atoms with Crippen molar-refractivity contribution in [1.29, 1.82) is 5.26 Å². The van der Waals surface area contributed by atoms with Gasteiger partial charge in [-0.3, -0.25) is 9.88 Å². The fourth-order valence-corrected chi connectivity index (χ4v) is 6.44. The minimum atomic E-state index is -0.562. The maximum atomic E-state index is 14.9. The van der Waals surface area contributed by atoms with Crippen LogP contribution in [0.1, 0.15) is 33.3 Å². The first-order valence-electron chi connectivity index (χ1n) is 16.0. The van der Waals surface area contributed by atoms with Crippen molar-refractivity contribution in [3.8, 4) is 6.07 Å². The molecule has 12 nitrogen and oxygen atoms in total. The Morgan fingerprint density at radius 2 is 1.76 bits per heavy atom. The molecule has 0 radical (unpaired) electrons. The van der Waals surface area contributed by atoms with Crippen LogP contribution in [-0.2, 0) is 9.47 Å². The summed E-state index contributed by atoms with van der Waals surface area (Å²) in [5, 5.41) is 10.5. The predicted molar refractivity (Wildman–Crippen MR) is 174 cm³/mol. The Kier molecular flexibility index (Phi) is 9.11. The molecule has 3 aliphatic heterocycles. The summed E-state index contributed by atoms with van der Waals surface area (Å²) in [6.45, 7) is 14.8. The number of nitriles is 1. The highest BCUT2D eigenvalue weighted by atomic mass is 19.1. The van der Waals surface area contributed by atoms with Crippen LogP contribution in [0.5, 0.6) is 0 Å². The minimum Gasteiger partial charge on any atom is -0.444 e. The molecule has 13 heteroatoms. The number of rotatable bonds is 5. The van der Waals surface area contributed by atoms with Crippen molar-refractivity contribution < 1.29 is 18.7 Å². The van der Waals surface area contributed by atoms with Crippen LogP contribution in [0.15, 0.2) is 36.7 Å². The maximum Gasteiger partial charge on any atom is 0.410 e. The molecule has 244 valence electrons. The maximum absolute atomic E-state index is 14.9. The van der Waals surface area contributed by atoms with Crippen molar-refractivity contribution in [2.24, 2.45) is 0 Å². The molecule has 1 amide bonds.